The van der Waals surface area contributed by atoms with Crippen LogP contribution in [0.25, 0.3) is 0 Å². The van der Waals surface area contributed by atoms with Crippen molar-refractivity contribution >= 4 is 57.9 Å². The minimum absolute atomic E-state index is 0.121. The first-order valence-electron chi connectivity index (χ1n) is 8.52. The lowest BCUT2D eigenvalue weighted by atomic mass is 10.1. The predicted molar refractivity (Wildman–Crippen MR) is 115 cm³/mol. The number of amides is 1. The zero-order chi connectivity index (χ0) is 20.3. The van der Waals surface area contributed by atoms with Gasteiger partial charge in [0.25, 0.3) is 5.91 Å². The highest BCUT2D eigenvalue weighted by Crippen LogP contribution is 2.33. The number of halogens is 3. The van der Waals surface area contributed by atoms with Crippen LogP contribution in [-0.4, -0.2) is 15.9 Å². The number of nitrogens with zero attached hydrogens (tertiary/aromatic N) is 2. The Bertz CT molecular complexity index is 1040. The van der Waals surface area contributed by atoms with Crippen molar-refractivity contribution in [3.8, 4) is 0 Å². The first-order chi connectivity index (χ1) is 13.4. The molecule has 0 spiro atoms. The molecule has 5 nitrogen and oxygen atoms in total. The van der Waals surface area contributed by atoms with Crippen molar-refractivity contribution in [3.63, 3.8) is 0 Å². The predicted octanol–water partition coefficient (Wildman–Crippen LogP) is 6.30. The molecule has 0 atom stereocenters. The number of aromatic nitrogens is 2. The second-order valence-electron chi connectivity index (χ2n) is 6.07. The normalized spacial score (nSPS) is 10.6. The van der Waals surface area contributed by atoms with Gasteiger partial charge in [-0.1, -0.05) is 47.8 Å². The van der Waals surface area contributed by atoms with Crippen LogP contribution in [0.3, 0.4) is 0 Å². The maximum atomic E-state index is 12.8. The summed E-state index contributed by atoms with van der Waals surface area (Å²) in [5.74, 6) is 0.234. The summed E-state index contributed by atoms with van der Waals surface area (Å²) in [4.78, 5) is 21.1. The van der Waals surface area contributed by atoms with Gasteiger partial charge >= 0.3 is 0 Å². The van der Waals surface area contributed by atoms with Crippen LogP contribution in [0.1, 0.15) is 28.5 Å². The molecule has 0 aliphatic heterocycles. The van der Waals surface area contributed by atoms with Crippen molar-refractivity contribution in [2.45, 2.75) is 20.3 Å². The van der Waals surface area contributed by atoms with E-state index >= 15 is 0 Å². The lowest BCUT2D eigenvalue weighted by Crippen LogP contribution is -2.15. The van der Waals surface area contributed by atoms with E-state index in [9.17, 15) is 4.79 Å². The average Bonchev–Trinajstić information content (AvgIpc) is 2.65. The second-order valence-corrected chi connectivity index (χ2v) is 7.26. The van der Waals surface area contributed by atoms with E-state index in [1.54, 1.807) is 12.1 Å². The fourth-order valence-electron chi connectivity index (χ4n) is 2.67. The smallest absolute Gasteiger partial charge is 0.258 e. The van der Waals surface area contributed by atoms with Gasteiger partial charge < -0.3 is 10.6 Å². The molecule has 3 rings (SSSR count). The molecule has 144 valence electrons. The van der Waals surface area contributed by atoms with E-state index in [-0.39, 0.29) is 20.6 Å². The summed E-state index contributed by atoms with van der Waals surface area (Å²) in [6.45, 7) is 3.89. The van der Waals surface area contributed by atoms with Crippen LogP contribution in [0.5, 0.6) is 0 Å². The monoisotopic (exact) mass is 434 g/mol. The van der Waals surface area contributed by atoms with E-state index in [2.05, 4.69) is 20.6 Å². The molecule has 0 aliphatic rings. The number of carbonyl (C=O) groups excluding carboxylic acids is 1. The Kier molecular flexibility index (Phi) is 6.39. The number of hydrogen-bond donors (Lipinski definition) is 2. The van der Waals surface area contributed by atoms with E-state index in [1.165, 1.54) is 6.33 Å². The summed E-state index contributed by atoms with van der Waals surface area (Å²) in [5, 5.41) is 6.71. The molecule has 0 saturated carbocycles. The summed E-state index contributed by atoms with van der Waals surface area (Å²) >= 11 is 18.4. The third-order valence-electron chi connectivity index (χ3n) is 4.09. The second kappa shape index (κ2) is 8.78. The number of rotatable bonds is 5. The molecule has 28 heavy (non-hydrogen) atoms. The lowest BCUT2D eigenvalue weighted by molar-refractivity contribution is 0.102. The molecule has 1 amide bonds. The Balaban J connectivity index is 1.91. The number of anilines is 3. The van der Waals surface area contributed by atoms with Crippen molar-refractivity contribution in [1.29, 1.82) is 0 Å². The molecule has 0 aliphatic carbocycles. The summed E-state index contributed by atoms with van der Waals surface area (Å²) in [5.41, 5.74) is 3.38. The Morgan fingerprint density at radius 3 is 2.50 bits per heavy atom. The third kappa shape index (κ3) is 4.55. The average molecular weight is 436 g/mol. The third-order valence-corrected chi connectivity index (χ3v) is 5.21. The van der Waals surface area contributed by atoms with Gasteiger partial charge in [-0.25, -0.2) is 9.97 Å². The minimum atomic E-state index is -0.428. The number of carbonyl (C=O) groups is 1. The van der Waals surface area contributed by atoms with Gasteiger partial charge in [-0.15, -0.1) is 0 Å². The lowest BCUT2D eigenvalue weighted by Gasteiger charge is -2.14. The van der Waals surface area contributed by atoms with E-state index in [1.807, 2.05) is 38.1 Å². The van der Waals surface area contributed by atoms with Gasteiger partial charge in [-0.2, -0.15) is 0 Å². The van der Waals surface area contributed by atoms with Crippen molar-refractivity contribution in [3.05, 3.63) is 74.6 Å². The molecule has 0 fully saturated rings. The van der Waals surface area contributed by atoms with Crippen molar-refractivity contribution < 1.29 is 4.79 Å². The van der Waals surface area contributed by atoms with Gasteiger partial charge in [0.05, 0.1) is 20.6 Å². The van der Waals surface area contributed by atoms with Crippen molar-refractivity contribution in [2.24, 2.45) is 0 Å². The fraction of sp³-hybridized carbons (Fsp3) is 0.150. The van der Waals surface area contributed by atoms with Crippen LogP contribution in [-0.2, 0) is 6.42 Å². The molecule has 8 heteroatoms. The SMILES string of the molecule is CCc1ccc(Nc2cc(C)ncn2)cc1NC(=O)c1c(Cl)ccc(Cl)c1Cl. The fourth-order valence-corrected chi connectivity index (χ4v) is 3.37. The Morgan fingerprint density at radius 2 is 1.79 bits per heavy atom. The zero-order valence-corrected chi connectivity index (χ0v) is 17.5. The molecule has 0 bridgehead atoms. The highest BCUT2D eigenvalue weighted by atomic mass is 35.5. The van der Waals surface area contributed by atoms with Crippen LogP contribution in [0.2, 0.25) is 15.1 Å². The van der Waals surface area contributed by atoms with E-state index in [0.29, 0.717) is 11.5 Å². The maximum absolute atomic E-state index is 12.8. The van der Waals surface area contributed by atoms with Gasteiger partial charge in [0.1, 0.15) is 12.1 Å². The maximum Gasteiger partial charge on any atom is 0.258 e. The standard InChI is InChI=1S/C20H17Cl3N4O/c1-3-12-4-5-13(26-17-8-11(2)24-10-25-17)9-16(12)27-20(28)18-14(21)6-7-15(22)19(18)23/h4-10H,3H2,1-2H3,(H,27,28)(H,24,25,26). The van der Waals surface area contributed by atoms with E-state index in [0.717, 1.165) is 23.4 Å². The van der Waals surface area contributed by atoms with Gasteiger partial charge in [0.15, 0.2) is 0 Å². The summed E-state index contributed by atoms with van der Waals surface area (Å²) in [6.07, 6.45) is 2.23. The molecule has 2 N–H and O–H groups in total. The van der Waals surface area contributed by atoms with Crippen LogP contribution in [0.15, 0.2) is 42.7 Å². The Hall–Kier alpha value is -2.34. The molecule has 2 aromatic carbocycles. The Morgan fingerprint density at radius 1 is 1.04 bits per heavy atom. The molecule has 0 saturated heterocycles. The summed E-state index contributed by atoms with van der Waals surface area (Å²) in [7, 11) is 0. The number of aryl methyl sites for hydroxylation is 2. The summed E-state index contributed by atoms with van der Waals surface area (Å²) < 4.78 is 0. The first-order valence-corrected chi connectivity index (χ1v) is 9.66. The summed E-state index contributed by atoms with van der Waals surface area (Å²) in [6, 6.07) is 10.6. The van der Waals surface area contributed by atoms with Gasteiger partial charge in [-0.3, -0.25) is 4.79 Å². The molecular weight excluding hydrogens is 419 g/mol. The highest BCUT2D eigenvalue weighted by molar-refractivity contribution is 6.46. The first kappa shape index (κ1) is 20.4. The quantitative estimate of drug-likeness (QED) is 0.461. The van der Waals surface area contributed by atoms with Gasteiger partial charge in [0.2, 0.25) is 0 Å². The molecule has 0 radical (unpaired) electrons. The van der Waals surface area contributed by atoms with Crippen LogP contribution in [0, 0.1) is 6.92 Å². The largest absolute Gasteiger partial charge is 0.340 e. The van der Waals surface area contributed by atoms with Crippen molar-refractivity contribution in [2.75, 3.05) is 10.6 Å². The molecule has 1 aromatic heterocycles. The highest BCUT2D eigenvalue weighted by Gasteiger charge is 2.18. The zero-order valence-electron chi connectivity index (χ0n) is 15.2. The van der Waals surface area contributed by atoms with E-state index in [4.69, 9.17) is 34.8 Å². The van der Waals surface area contributed by atoms with Crippen molar-refractivity contribution in [1.82, 2.24) is 9.97 Å². The Labute approximate surface area is 178 Å². The minimum Gasteiger partial charge on any atom is -0.340 e. The number of hydrogen-bond acceptors (Lipinski definition) is 4. The van der Waals surface area contributed by atoms with E-state index < -0.39 is 5.91 Å². The van der Waals surface area contributed by atoms with Crippen LogP contribution >= 0.6 is 34.8 Å². The van der Waals surface area contributed by atoms with Crippen LogP contribution < -0.4 is 10.6 Å². The van der Waals surface area contributed by atoms with Crippen LogP contribution in [0.4, 0.5) is 17.2 Å². The molecule has 3 aromatic rings. The number of nitrogens with one attached hydrogen (secondary N) is 2. The molecular formula is C20H17Cl3N4O. The van der Waals surface area contributed by atoms with Gasteiger partial charge in [0, 0.05) is 23.1 Å². The molecule has 0 unspecified atom stereocenters. The van der Waals surface area contributed by atoms with Gasteiger partial charge in [-0.05, 0) is 43.2 Å². The topological polar surface area (TPSA) is 66.9 Å². The number of benzene rings is 2. The molecule has 1 heterocycles.